The van der Waals surface area contributed by atoms with Gasteiger partial charge in [0.2, 0.25) is 5.95 Å². The molecule has 1 N–H and O–H groups in total. The fourth-order valence-electron chi connectivity index (χ4n) is 3.47. The van der Waals surface area contributed by atoms with Gasteiger partial charge in [0.05, 0.1) is 10.6 Å². The van der Waals surface area contributed by atoms with Crippen LogP contribution in [0.15, 0.2) is 34.9 Å². The van der Waals surface area contributed by atoms with E-state index < -0.39 is 0 Å². The molecule has 0 unspecified atom stereocenters. The van der Waals surface area contributed by atoms with E-state index in [-0.39, 0.29) is 37.2 Å². The van der Waals surface area contributed by atoms with E-state index in [0.29, 0.717) is 0 Å². The number of halogens is 4. The van der Waals surface area contributed by atoms with Gasteiger partial charge < -0.3 is 15.1 Å². The predicted molar refractivity (Wildman–Crippen MR) is 144 cm³/mol. The first-order valence-electron chi connectivity index (χ1n) is 9.76. The third kappa shape index (κ3) is 7.42. The van der Waals surface area contributed by atoms with Crippen molar-refractivity contribution in [1.82, 2.24) is 19.8 Å². The van der Waals surface area contributed by atoms with Crippen molar-refractivity contribution >= 4 is 80.5 Å². The van der Waals surface area contributed by atoms with E-state index >= 15 is 0 Å². The topological polar surface area (TPSA) is 44.3 Å². The van der Waals surface area contributed by atoms with Gasteiger partial charge in [-0.2, -0.15) is 0 Å². The summed E-state index contributed by atoms with van der Waals surface area (Å²) in [6, 6.07) is 8.61. The zero-order valence-corrected chi connectivity index (χ0v) is 22.5. The van der Waals surface area contributed by atoms with Crippen LogP contribution >= 0.6 is 64.5 Å². The molecule has 2 aromatic heterocycles. The Hall–Kier alpha value is -0.670. The summed E-state index contributed by atoms with van der Waals surface area (Å²) in [6.45, 7) is 8.78. The molecule has 0 radical (unpaired) electrons. The summed E-state index contributed by atoms with van der Waals surface area (Å²) in [5.74, 6) is 0.720. The Morgan fingerprint density at radius 2 is 1.84 bits per heavy atom. The van der Waals surface area contributed by atoms with Gasteiger partial charge in [-0.25, -0.2) is 9.97 Å². The maximum absolute atomic E-state index is 4.81. The van der Waals surface area contributed by atoms with Gasteiger partial charge in [0.25, 0.3) is 0 Å². The van der Waals surface area contributed by atoms with Crippen LogP contribution in [-0.2, 0) is 0 Å². The Kier molecular flexibility index (Phi) is 12.0. The molecule has 1 aromatic carbocycles. The van der Waals surface area contributed by atoms with E-state index in [2.05, 4.69) is 74.3 Å². The molecule has 3 heterocycles. The molecule has 4 rings (SSSR count). The molecule has 31 heavy (non-hydrogen) atoms. The van der Waals surface area contributed by atoms with Crippen LogP contribution in [-0.4, -0.2) is 66.1 Å². The van der Waals surface area contributed by atoms with Gasteiger partial charge in [0.1, 0.15) is 0 Å². The number of benzene rings is 1. The molecule has 5 nitrogen and oxygen atoms in total. The molecule has 1 saturated heterocycles. The highest BCUT2D eigenvalue weighted by Crippen LogP contribution is 2.35. The van der Waals surface area contributed by atoms with E-state index in [1.54, 1.807) is 11.3 Å². The molecule has 3 aromatic rings. The average Bonchev–Trinajstić information content (AvgIpc) is 3.10. The molecular weight excluding hydrogens is 541 g/mol. The number of fused-ring (bicyclic) bond motifs is 1. The number of aryl methyl sites for hydroxylation is 1. The van der Waals surface area contributed by atoms with Crippen LogP contribution < -0.4 is 5.32 Å². The number of anilines is 1. The summed E-state index contributed by atoms with van der Waals surface area (Å²) in [4.78, 5) is 15.4. The molecule has 172 valence electrons. The number of nitrogens with one attached hydrogen (secondary N) is 1. The Balaban J connectivity index is 0.00000160. The fourth-order valence-corrected chi connectivity index (χ4v) is 5.14. The van der Waals surface area contributed by atoms with Gasteiger partial charge in [-0.15, -0.1) is 48.6 Å². The SMILES string of the molecule is Cc1cnc(NCCCN2CCN(C)CC2)nc1-c1cc2ccc(Br)cc2s1.Cl.Cl.Cl. The van der Waals surface area contributed by atoms with Crippen LogP contribution in [0.25, 0.3) is 20.7 Å². The second-order valence-electron chi connectivity index (χ2n) is 7.44. The second-order valence-corrected chi connectivity index (χ2v) is 9.44. The highest BCUT2D eigenvalue weighted by molar-refractivity contribution is 9.10. The number of hydrogen-bond donors (Lipinski definition) is 1. The molecule has 1 aliphatic rings. The molecule has 0 saturated carbocycles. The van der Waals surface area contributed by atoms with E-state index in [0.717, 1.165) is 41.2 Å². The van der Waals surface area contributed by atoms with Gasteiger partial charge in [0.15, 0.2) is 0 Å². The lowest BCUT2D eigenvalue weighted by Crippen LogP contribution is -2.44. The van der Waals surface area contributed by atoms with Gasteiger partial charge >= 0.3 is 0 Å². The van der Waals surface area contributed by atoms with Crippen molar-refractivity contribution in [1.29, 1.82) is 0 Å². The molecule has 0 spiro atoms. The number of likely N-dealkylation sites (N-methyl/N-ethyl adjacent to an activating group) is 1. The summed E-state index contributed by atoms with van der Waals surface area (Å²) in [7, 11) is 2.20. The van der Waals surface area contributed by atoms with Gasteiger partial charge in [-0.3, -0.25) is 0 Å². The minimum atomic E-state index is 0. The average molecular weight is 570 g/mol. The number of rotatable bonds is 6. The standard InChI is InChI=1S/C21H26BrN5S.3ClH/c1-15-14-24-21(23-6-3-7-27-10-8-26(2)9-11-27)25-20(15)19-12-16-4-5-17(22)13-18(16)28-19;;;/h4-5,12-14H,3,6-11H2,1-2H3,(H,23,24,25);3*1H. The Labute approximate surface area is 215 Å². The lowest BCUT2D eigenvalue weighted by Gasteiger charge is -2.32. The minimum absolute atomic E-state index is 0. The number of aromatic nitrogens is 2. The lowest BCUT2D eigenvalue weighted by atomic mass is 10.2. The van der Waals surface area contributed by atoms with Crippen molar-refractivity contribution in [2.45, 2.75) is 13.3 Å². The van der Waals surface area contributed by atoms with Crippen molar-refractivity contribution in [3.63, 3.8) is 0 Å². The Bertz CT molecular complexity index is 963. The minimum Gasteiger partial charge on any atom is -0.354 e. The molecule has 0 bridgehead atoms. The Morgan fingerprint density at radius 3 is 2.58 bits per heavy atom. The fraction of sp³-hybridized carbons (Fsp3) is 0.429. The van der Waals surface area contributed by atoms with E-state index in [1.807, 2.05) is 6.20 Å². The van der Waals surface area contributed by atoms with Crippen LogP contribution in [0.1, 0.15) is 12.0 Å². The summed E-state index contributed by atoms with van der Waals surface area (Å²) in [6.07, 6.45) is 3.03. The van der Waals surface area contributed by atoms with Crippen LogP contribution in [0.5, 0.6) is 0 Å². The summed E-state index contributed by atoms with van der Waals surface area (Å²) >= 11 is 5.33. The zero-order chi connectivity index (χ0) is 19.5. The van der Waals surface area contributed by atoms with Crippen molar-refractivity contribution in [2.24, 2.45) is 0 Å². The molecule has 1 aliphatic heterocycles. The normalized spacial score (nSPS) is 14.4. The van der Waals surface area contributed by atoms with Crippen molar-refractivity contribution in [3.05, 3.63) is 40.5 Å². The van der Waals surface area contributed by atoms with Crippen LogP contribution in [0, 0.1) is 6.92 Å². The molecule has 0 atom stereocenters. The maximum atomic E-state index is 4.81. The van der Waals surface area contributed by atoms with Crippen LogP contribution in [0.3, 0.4) is 0 Å². The number of piperazine rings is 1. The first-order valence-corrected chi connectivity index (χ1v) is 11.4. The lowest BCUT2D eigenvalue weighted by molar-refractivity contribution is 0.154. The number of nitrogens with zero attached hydrogens (tertiary/aromatic N) is 4. The van der Waals surface area contributed by atoms with Crippen molar-refractivity contribution < 1.29 is 0 Å². The second kappa shape index (κ2) is 13.1. The predicted octanol–water partition coefficient (Wildman–Crippen LogP) is 5.74. The van der Waals surface area contributed by atoms with Crippen molar-refractivity contribution in [3.8, 4) is 10.6 Å². The molecule has 10 heteroatoms. The highest BCUT2D eigenvalue weighted by atomic mass is 79.9. The summed E-state index contributed by atoms with van der Waals surface area (Å²) in [5.41, 5.74) is 2.13. The van der Waals surface area contributed by atoms with Crippen LogP contribution in [0.2, 0.25) is 0 Å². The molecule has 1 fully saturated rings. The Morgan fingerprint density at radius 1 is 1.10 bits per heavy atom. The van der Waals surface area contributed by atoms with Crippen molar-refractivity contribution in [2.75, 3.05) is 51.6 Å². The third-order valence-electron chi connectivity index (χ3n) is 5.22. The monoisotopic (exact) mass is 567 g/mol. The third-order valence-corrected chi connectivity index (χ3v) is 6.82. The van der Waals surface area contributed by atoms with Gasteiger partial charge in [-0.1, -0.05) is 22.0 Å². The quantitative estimate of drug-likeness (QED) is 0.384. The summed E-state index contributed by atoms with van der Waals surface area (Å²) < 4.78 is 2.37. The van der Waals surface area contributed by atoms with E-state index in [9.17, 15) is 0 Å². The smallest absolute Gasteiger partial charge is 0.223 e. The number of hydrogen-bond acceptors (Lipinski definition) is 6. The van der Waals surface area contributed by atoms with E-state index in [4.69, 9.17) is 4.98 Å². The first-order chi connectivity index (χ1) is 13.6. The van der Waals surface area contributed by atoms with Gasteiger partial charge in [-0.05, 0) is 56.1 Å². The van der Waals surface area contributed by atoms with Gasteiger partial charge in [0, 0.05) is 48.1 Å². The maximum Gasteiger partial charge on any atom is 0.223 e. The molecule has 0 amide bonds. The first kappa shape index (κ1) is 28.4. The van der Waals surface area contributed by atoms with Crippen LogP contribution in [0.4, 0.5) is 5.95 Å². The molecular formula is C21H29BrCl3N5S. The molecule has 0 aliphatic carbocycles. The summed E-state index contributed by atoms with van der Waals surface area (Å²) in [5, 5.41) is 4.66. The largest absolute Gasteiger partial charge is 0.354 e. The van der Waals surface area contributed by atoms with E-state index in [1.165, 1.54) is 41.1 Å². The highest BCUT2D eigenvalue weighted by Gasteiger charge is 2.13. The zero-order valence-electron chi connectivity index (χ0n) is 17.6. The number of thiophene rings is 1.